The molecule has 0 aromatic carbocycles. The van der Waals surface area contributed by atoms with E-state index in [0.29, 0.717) is 18.1 Å². The minimum absolute atomic E-state index is 0.238. The standard InChI is InChI=1S/C7H16N2O2S/c1-9(4-2-3-8)7-5-12(10,11)6-7/h7H,2-6,8H2,1H3. The lowest BCUT2D eigenvalue weighted by Gasteiger charge is -2.34. The van der Waals surface area contributed by atoms with Gasteiger partial charge in [0.1, 0.15) is 0 Å². The van der Waals surface area contributed by atoms with E-state index in [1.54, 1.807) is 0 Å². The summed E-state index contributed by atoms with van der Waals surface area (Å²) in [6.45, 7) is 1.57. The van der Waals surface area contributed by atoms with E-state index in [1.165, 1.54) is 0 Å². The highest BCUT2D eigenvalue weighted by atomic mass is 32.2. The third kappa shape index (κ3) is 2.43. The molecule has 0 aromatic rings. The Labute approximate surface area is 73.6 Å². The normalized spacial score (nSPS) is 22.6. The molecule has 0 bridgehead atoms. The molecule has 0 unspecified atom stereocenters. The molecule has 1 aliphatic rings. The summed E-state index contributed by atoms with van der Waals surface area (Å²) in [7, 11) is -0.720. The van der Waals surface area contributed by atoms with Gasteiger partial charge >= 0.3 is 0 Å². The maximum atomic E-state index is 10.8. The maximum Gasteiger partial charge on any atom is 0.153 e. The van der Waals surface area contributed by atoms with Gasteiger partial charge in [0.2, 0.25) is 0 Å². The second-order valence-electron chi connectivity index (χ2n) is 3.35. The molecule has 1 saturated heterocycles. The predicted molar refractivity (Wildman–Crippen MR) is 48.7 cm³/mol. The van der Waals surface area contributed by atoms with Crippen molar-refractivity contribution in [3.8, 4) is 0 Å². The number of hydrogen-bond donors (Lipinski definition) is 1. The summed E-state index contributed by atoms with van der Waals surface area (Å²) >= 11 is 0. The highest BCUT2D eigenvalue weighted by molar-refractivity contribution is 7.92. The van der Waals surface area contributed by atoms with Crippen LogP contribution in [0.15, 0.2) is 0 Å². The highest BCUT2D eigenvalue weighted by Crippen LogP contribution is 2.15. The monoisotopic (exact) mass is 192 g/mol. The van der Waals surface area contributed by atoms with E-state index in [0.717, 1.165) is 13.0 Å². The van der Waals surface area contributed by atoms with Crippen molar-refractivity contribution in [1.29, 1.82) is 0 Å². The summed E-state index contributed by atoms with van der Waals surface area (Å²) in [5.41, 5.74) is 5.34. The summed E-state index contributed by atoms with van der Waals surface area (Å²) in [4.78, 5) is 2.08. The zero-order chi connectivity index (χ0) is 9.19. The van der Waals surface area contributed by atoms with Crippen LogP contribution in [0.5, 0.6) is 0 Å². The number of sulfone groups is 1. The van der Waals surface area contributed by atoms with Crippen molar-refractivity contribution >= 4 is 9.84 Å². The number of hydrogen-bond acceptors (Lipinski definition) is 4. The summed E-state index contributed by atoms with van der Waals surface area (Å²) in [5, 5.41) is 0. The fraction of sp³-hybridized carbons (Fsp3) is 1.00. The van der Waals surface area contributed by atoms with E-state index in [2.05, 4.69) is 4.90 Å². The van der Waals surface area contributed by atoms with Crippen molar-refractivity contribution in [2.45, 2.75) is 12.5 Å². The first-order chi connectivity index (χ1) is 5.55. The molecule has 5 heteroatoms. The summed E-state index contributed by atoms with van der Waals surface area (Å²) in [6.07, 6.45) is 0.938. The first-order valence-electron chi connectivity index (χ1n) is 4.16. The molecule has 0 saturated carbocycles. The number of nitrogens with zero attached hydrogens (tertiary/aromatic N) is 1. The largest absolute Gasteiger partial charge is 0.330 e. The summed E-state index contributed by atoms with van der Waals surface area (Å²) < 4.78 is 21.6. The Balaban J connectivity index is 2.23. The molecule has 1 aliphatic heterocycles. The molecule has 0 aromatic heterocycles. The van der Waals surface area contributed by atoms with Gasteiger partial charge in [0, 0.05) is 6.04 Å². The van der Waals surface area contributed by atoms with E-state index in [4.69, 9.17) is 5.73 Å². The number of rotatable bonds is 4. The van der Waals surface area contributed by atoms with E-state index in [-0.39, 0.29) is 6.04 Å². The molecule has 0 spiro atoms. The Morgan fingerprint density at radius 1 is 1.50 bits per heavy atom. The van der Waals surface area contributed by atoms with Crippen molar-refractivity contribution < 1.29 is 8.42 Å². The fourth-order valence-corrected chi connectivity index (χ4v) is 2.90. The van der Waals surface area contributed by atoms with Gasteiger partial charge in [-0.3, -0.25) is 0 Å². The van der Waals surface area contributed by atoms with E-state index in [9.17, 15) is 8.42 Å². The molecule has 72 valence electrons. The summed E-state index contributed by atoms with van der Waals surface area (Å²) in [5.74, 6) is 0.655. The van der Waals surface area contributed by atoms with Crippen molar-refractivity contribution in [1.82, 2.24) is 4.90 Å². The molecule has 1 fully saturated rings. The van der Waals surface area contributed by atoms with Crippen molar-refractivity contribution in [3.05, 3.63) is 0 Å². The minimum Gasteiger partial charge on any atom is -0.330 e. The zero-order valence-electron chi connectivity index (χ0n) is 7.36. The van der Waals surface area contributed by atoms with Gasteiger partial charge in [-0.25, -0.2) is 8.42 Å². The topological polar surface area (TPSA) is 63.4 Å². The molecular weight excluding hydrogens is 176 g/mol. The van der Waals surface area contributed by atoms with Crippen LogP contribution in [0.2, 0.25) is 0 Å². The molecule has 0 aliphatic carbocycles. The van der Waals surface area contributed by atoms with Crippen LogP contribution in [0.3, 0.4) is 0 Å². The van der Waals surface area contributed by atoms with Crippen LogP contribution >= 0.6 is 0 Å². The Kier molecular flexibility index (Phi) is 3.09. The molecule has 4 nitrogen and oxygen atoms in total. The molecular formula is C7H16N2O2S. The SMILES string of the molecule is CN(CCCN)C1CS(=O)(=O)C1. The van der Waals surface area contributed by atoms with Gasteiger partial charge in [0.15, 0.2) is 9.84 Å². The molecule has 1 heterocycles. The zero-order valence-corrected chi connectivity index (χ0v) is 8.18. The second-order valence-corrected chi connectivity index (χ2v) is 5.51. The van der Waals surface area contributed by atoms with Crippen molar-refractivity contribution in [2.24, 2.45) is 5.73 Å². The fourth-order valence-electron chi connectivity index (χ4n) is 1.32. The minimum atomic E-state index is -2.67. The van der Waals surface area contributed by atoms with Crippen LogP contribution in [0.4, 0.5) is 0 Å². The third-order valence-corrected chi connectivity index (χ3v) is 4.02. The van der Waals surface area contributed by atoms with Crippen LogP contribution in [-0.2, 0) is 9.84 Å². The van der Waals surface area contributed by atoms with Crippen molar-refractivity contribution in [2.75, 3.05) is 31.6 Å². The average molecular weight is 192 g/mol. The Morgan fingerprint density at radius 3 is 2.50 bits per heavy atom. The Hall–Kier alpha value is -0.130. The molecule has 2 N–H and O–H groups in total. The first kappa shape index (κ1) is 9.95. The molecule has 12 heavy (non-hydrogen) atoms. The van der Waals surface area contributed by atoms with Crippen LogP contribution in [0, 0.1) is 0 Å². The van der Waals surface area contributed by atoms with Gasteiger partial charge in [-0.2, -0.15) is 0 Å². The van der Waals surface area contributed by atoms with Crippen LogP contribution in [-0.4, -0.2) is 51.0 Å². The quantitative estimate of drug-likeness (QED) is 0.624. The lowest BCUT2D eigenvalue weighted by Crippen LogP contribution is -2.52. The van der Waals surface area contributed by atoms with Gasteiger partial charge < -0.3 is 10.6 Å². The van der Waals surface area contributed by atoms with Gasteiger partial charge in [0.05, 0.1) is 11.5 Å². The average Bonchev–Trinajstić information content (AvgIpc) is 1.95. The lowest BCUT2D eigenvalue weighted by atomic mass is 10.3. The maximum absolute atomic E-state index is 10.8. The Morgan fingerprint density at radius 2 is 2.08 bits per heavy atom. The van der Waals surface area contributed by atoms with Crippen molar-refractivity contribution in [3.63, 3.8) is 0 Å². The van der Waals surface area contributed by atoms with E-state index in [1.807, 2.05) is 7.05 Å². The van der Waals surface area contributed by atoms with Gasteiger partial charge in [-0.1, -0.05) is 0 Å². The van der Waals surface area contributed by atoms with E-state index >= 15 is 0 Å². The van der Waals surface area contributed by atoms with Gasteiger partial charge in [0.25, 0.3) is 0 Å². The molecule has 0 atom stereocenters. The third-order valence-electron chi connectivity index (χ3n) is 2.23. The smallest absolute Gasteiger partial charge is 0.153 e. The van der Waals surface area contributed by atoms with Crippen LogP contribution in [0.1, 0.15) is 6.42 Å². The van der Waals surface area contributed by atoms with Crippen LogP contribution in [0.25, 0.3) is 0 Å². The predicted octanol–water partition coefficient (Wildman–Crippen LogP) is -0.936. The lowest BCUT2D eigenvalue weighted by molar-refractivity contribution is 0.261. The first-order valence-corrected chi connectivity index (χ1v) is 5.98. The van der Waals surface area contributed by atoms with Gasteiger partial charge in [-0.05, 0) is 26.6 Å². The van der Waals surface area contributed by atoms with Gasteiger partial charge in [-0.15, -0.1) is 0 Å². The molecule has 0 amide bonds. The highest BCUT2D eigenvalue weighted by Gasteiger charge is 2.35. The van der Waals surface area contributed by atoms with E-state index < -0.39 is 9.84 Å². The van der Waals surface area contributed by atoms with Crippen LogP contribution < -0.4 is 5.73 Å². The summed E-state index contributed by atoms with van der Waals surface area (Å²) in [6, 6.07) is 0.238. The molecule has 1 rings (SSSR count). The molecule has 0 radical (unpaired) electrons. The Bertz CT molecular complexity index is 226. The second kappa shape index (κ2) is 3.72. The number of nitrogens with two attached hydrogens (primary N) is 1.